The van der Waals surface area contributed by atoms with E-state index < -0.39 is 0 Å². The molecule has 1 N–H and O–H groups in total. The van der Waals surface area contributed by atoms with Crippen LogP contribution in [0.2, 0.25) is 0 Å². The summed E-state index contributed by atoms with van der Waals surface area (Å²) in [5.74, 6) is 0.727. The van der Waals surface area contributed by atoms with Crippen LogP contribution in [-0.2, 0) is 4.79 Å². The van der Waals surface area contributed by atoms with Crippen molar-refractivity contribution in [3.63, 3.8) is 0 Å². The van der Waals surface area contributed by atoms with Gasteiger partial charge in [-0.05, 0) is 12.8 Å². The Labute approximate surface area is 72.3 Å². The highest BCUT2D eigenvalue weighted by atomic mass is 35.5. The van der Waals surface area contributed by atoms with Gasteiger partial charge >= 0.3 is 0 Å². The van der Waals surface area contributed by atoms with Crippen LogP contribution in [0.5, 0.6) is 0 Å². The van der Waals surface area contributed by atoms with E-state index in [0.717, 1.165) is 12.8 Å². The van der Waals surface area contributed by atoms with Crippen LogP contribution in [-0.4, -0.2) is 17.3 Å². The number of alkyl halides is 1. The van der Waals surface area contributed by atoms with E-state index in [1.165, 1.54) is 0 Å². The third-order valence-electron chi connectivity index (χ3n) is 2.02. The van der Waals surface area contributed by atoms with Gasteiger partial charge in [0.1, 0.15) is 0 Å². The lowest BCUT2D eigenvalue weighted by molar-refractivity contribution is -0.124. The summed E-state index contributed by atoms with van der Waals surface area (Å²) in [6.07, 6.45) is 2.07. The molecule has 0 aromatic rings. The number of halogens is 1. The molecule has 1 aliphatic rings. The van der Waals surface area contributed by atoms with Crippen molar-refractivity contribution in [1.29, 1.82) is 0 Å². The molecule has 2 nitrogen and oxygen atoms in total. The molecule has 0 unspecified atom stereocenters. The molecule has 0 radical (unpaired) electrons. The zero-order valence-corrected chi connectivity index (χ0v) is 7.74. The van der Waals surface area contributed by atoms with Gasteiger partial charge in [0.2, 0.25) is 5.91 Å². The van der Waals surface area contributed by atoms with Crippen LogP contribution in [0, 0.1) is 5.92 Å². The largest absolute Gasteiger partial charge is 0.349 e. The van der Waals surface area contributed by atoms with Crippen LogP contribution in [0.25, 0.3) is 0 Å². The van der Waals surface area contributed by atoms with Crippen LogP contribution >= 0.6 is 11.6 Å². The average Bonchev–Trinajstić information content (AvgIpc) is 2.69. The molecule has 1 amide bonds. The molecule has 64 valence electrons. The Hall–Kier alpha value is -0.240. The van der Waals surface area contributed by atoms with Crippen LogP contribution < -0.4 is 5.32 Å². The fourth-order valence-electron chi connectivity index (χ4n) is 0.849. The Kier molecular flexibility index (Phi) is 2.43. The van der Waals surface area contributed by atoms with Gasteiger partial charge in [-0.3, -0.25) is 4.79 Å². The first-order valence-corrected chi connectivity index (χ1v) is 4.51. The number of hydrogen-bond donors (Lipinski definition) is 1. The van der Waals surface area contributed by atoms with Crippen LogP contribution in [0.3, 0.4) is 0 Å². The molecule has 0 heterocycles. The van der Waals surface area contributed by atoms with Crippen molar-refractivity contribution in [3.05, 3.63) is 0 Å². The minimum absolute atomic E-state index is 0.0388. The summed E-state index contributed by atoms with van der Waals surface area (Å²) < 4.78 is 0. The van der Waals surface area contributed by atoms with Gasteiger partial charge < -0.3 is 5.32 Å². The van der Waals surface area contributed by atoms with Crippen molar-refractivity contribution in [1.82, 2.24) is 5.32 Å². The zero-order valence-electron chi connectivity index (χ0n) is 6.98. The Bertz CT molecular complexity index is 163. The Morgan fingerprint density at radius 2 is 2.18 bits per heavy atom. The van der Waals surface area contributed by atoms with Crippen LogP contribution in [0.1, 0.15) is 26.7 Å². The maximum absolute atomic E-state index is 11.2. The molecule has 0 spiro atoms. The number of carbonyl (C=O) groups excluding carboxylic acids is 1. The molecule has 1 aliphatic carbocycles. The summed E-state index contributed by atoms with van der Waals surface area (Å²) in [6, 6.07) is 0. The van der Waals surface area contributed by atoms with Gasteiger partial charge in [0.15, 0.2) is 0 Å². The van der Waals surface area contributed by atoms with E-state index in [-0.39, 0.29) is 17.4 Å². The van der Waals surface area contributed by atoms with Gasteiger partial charge in [-0.25, -0.2) is 0 Å². The number of rotatable bonds is 3. The maximum Gasteiger partial charge on any atom is 0.223 e. The first-order chi connectivity index (χ1) is 5.09. The highest BCUT2D eigenvalue weighted by Gasteiger charge is 2.43. The van der Waals surface area contributed by atoms with Gasteiger partial charge in [-0.1, -0.05) is 13.8 Å². The van der Waals surface area contributed by atoms with Gasteiger partial charge in [-0.2, -0.15) is 0 Å². The Balaban J connectivity index is 2.36. The SMILES string of the molecule is CC(C)C(=O)NC1(CCl)CC1. The molecular weight excluding hydrogens is 162 g/mol. The van der Waals surface area contributed by atoms with Crippen molar-refractivity contribution >= 4 is 17.5 Å². The molecule has 11 heavy (non-hydrogen) atoms. The van der Waals surface area contributed by atoms with Crippen molar-refractivity contribution in [2.24, 2.45) is 5.92 Å². The van der Waals surface area contributed by atoms with Gasteiger partial charge in [0.25, 0.3) is 0 Å². The van der Waals surface area contributed by atoms with Crippen LogP contribution in [0.4, 0.5) is 0 Å². The summed E-state index contributed by atoms with van der Waals surface area (Å²) in [5.41, 5.74) is -0.0388. The Morgan fingerprint density at radius 1 is 1.64 bits per heavy atom. The van der Waals surface area contributed by atoms with E-state index in [2.05, 4.69) is 5.32 Å². The molecule has 0 saturated heterocycles. The van der Waals surface area contributed by atoms with Gasteiger partial charge in [-0.15, -0.1) is 11.6 Å². The predicted octanol–water partition coefficient (Wildman–Crippen LogP) is 1.53. The second kappa shape index (κ2) is 3.02. The molecule has 0 aromatic heterocycles. The highest BCUT2D eigenvalue weighted by molar-refractivity contribution is 6.19. The molecule has 0 bridgehead atoms. The maximum atomic E-state index is 11.2. The van der Waals surface area contributed by atoms with E-state index in [1.807, 2.05) is 13.8 Å². The lowest BCUT2D eigenvalue weighted by Crippen LogP contribution is -2.40. The number of amides is 1. The van der Waals surface area contributed by atoms with Crippen LogP contribution in [0.15, 0.2) is 0 Å². The summed E-state index contributed by atoms with van der Waals surface area (Å²) >= 11 is 5.69. The number of carbonyl (C=O) groups is 1. The van der Waals surface area contributed by atoms with E-state index in [1.54, 1.807) is 0 Å². The lowest BCUT2D eigenvalue weighted by Gasteiger charge is -2.15. The minimum Gasteiger partial charge on any atom is -0.349 e. The first kappa shape index (κ1) is 8.85. The lowest BCUT2D eigenvalue weighted by atomic mass is 10.2. The van der Waals surface area contributed by atoms with Crippen molar-refractivity contribution in [2.45, 2.75) is 32.2 Å². The van der Waals surface area contributed by atoms with E-state index in [4.69, 9.17) is 11.6 Å². The molecule has 1 rings (SSSR count). The first-order valence-electron chi connectivity index (χ1n) is 3.98. The Morgan fingerprint density at radius 3 is 2.45 bits per heavy atom. The average molecular weight is 176 g/mol. The fourth-order valence-corrected chi connectivity index (χ4v) is 1.18. The third-order valence-corrected chi connectivity index (χ3v) is 2.53. The van der Waals surface area contributed by atoms with Gasteiger partial charge in [0.05, 0.1) is 5.54 Å². The van der Waals surface area contributed by atoms with Crippen molar-refractivity contribution < 1.29 is 4.79 Å². The standard InChI is InChI=1S/C8H14ClNO/c1-6(2)7(11)10-8(5-9)3-4-8/h6H,3-5H2,1-2H3,(H,10,11). The van der Waals surface area contributed by atoms with E-state index in [0.29, 0.717) is 5.88 Å². The molecular formula is C8H14ClNO. The summed E-state index contributed by atoms with van der Waals surface area (Å²) in [7, 11) is 0. The molecule has 0 aliphatic heterocycles. The summed E-state index contributed by atoms with van der Waals surface area (Å²) in [5, 5.41) is 2.95. The summed E-state index contributed by atoms with van der Waals surface area (Å²) in [4.78, 5) is 11.2. The van der Waals surface area contributed by atoms with Crippen molar-refractivity contribution in [3.8, 4) is 0 Å². The third kappa shape index (κ3) is 2.09. The number of nitrogens with one attached hydrogen (secondary N) is 1. The van der Waals surface area contributed by atoms with Gasteiger partial charge in [0, 0.05) is 11.8 Å². The normalized spacial score (nSPS) is 20.0. The highest BCUT2D eigenvalue weighted by Crippen LogP contribution is 2.36. The second-order valence-electron chi connectivity index (χ2n) is 3.56. The minimum atomic E-state index is -0.0388. The quantitative estimate of drug-likeness (QED) is 0.648. The summed E-state index contributed by atoms with van der Waals surface area (Å²) in [6.45, 7) is 3.78. The van der Waals surface area contributed by atoms with E-state index >= 15 is 0 Å². The topological polar surface area (TPSA) is 29.1 Å². The molecule has 0 aromatic carbocycles. The predicted molar refractivity (Wildman–Crippen MR) is 45.7 cm³/mol. The zero-order chi connectivity index (χ0) is 8.48. The fraction of sp³-hybridized carbons (Fsp3) is 0.875. The molecule has 3 heteroatoms. The number of hydrogen-bond acceptors (Lipinski definition) is 1. The van der Waals surface area contributed by atoms with Crippen molar-refractivity contribution in [2.75, 3.05) is 5.88 Å². The second-order valence-corrected chi connectivity index (χ2v) is 3.83. The molecule has 1 fully saturated rings. The monoisotopic (exact) mass is 175 g/mol. The smallest absolute Gasteiger partial charge is 0.223 e. The molecule has 1 saturated carbocycles. The molecule has 0 atom stereocenters. The van der Waals surface area contributed by atoms with E-state index in [9.17, 15) is 4.79 Å².